The van der Waals surface area contributed by atoms with Crippen molar-refractivity contribution in [2.45, 2.75) is 25.8 Å². The van der Waals surface area contributed by atoms with Crippen LogP contribution in [0.4, 0.5) is 10.1 Å². The number of ether oxygens (including phenoxy) is 2. The zero-order valence-electron chi connectivity index (χ0n) is 17.8. The third-order valence-corrected chi connectivity index (χ3v) is 5.92. The largest absolute Gasteiger partial charge is 0.474 e. The van der Waals surface area contributed by atoms with Gasteiger partial charge in [-0.05, 0) is 49.1 Å². The summed E-state index contributed by atoms with van der Waals surface area (Å²) in [4.78, 5) is 31.6. The molecule has 2 aliphatic rings. The number of benzene rings is 1. The van der Waals surface area contributed by atoms with Crippen LogP contribution in [-0.4, -0.2) is 55.1 Å². The summed E-state index contributed by atoms with van der Waals surface area (Å²) >= 11 is 5.82. The number of fused-ring (bicyclic) bond motifs is 1. The summed E-state index contributed by atoms with van der Waals surface area (Å²) < 4.78 is 24.5. The molecule has 2 unspecified atom stereocenters. The molecule has 1 aromatic heterocycles. The van der Waals surface area contributed by atoms with E-state index >= 15 is 0 Å². The Labute approximate surface area is 190 Å². The molecule has 0 bridgehead atoms. The van der Waals surface area contributed by atoms with E-state index in [-0.39, 0.29) is 53.7 Å². The first-order valence-corrected chi connectivity index (χ1v) is 11.1. The van der Waals surface area contributed by atoms with Gasteiger partial charge in [0.1, 0.15) is 29.7 Å². The Bertz CT molecular complexity index is 995. The summed E-state index contributed by atoms with van der Waals surface area (Å²) in [7, 11) is 0. The molecule has 2 amide bonds. The first kappa shape index (κ1) is 22.5. The predicted octanol–water partition coefficient (Wildman–Crippen LogP) is 2.93. The molecule has 0 radical (unpaired) electrons. The van der Waals surface area contributed by atoms with Gasteiger partial charge >= 0.3 is 0 Å². The lowest BCUT2D eigenvalue weighted by Crippen LogP contribution is -2.46. The molecule has 1 saturated heterocycles. The number of hydrogen-bond donors (Lipinski definition) is 1. The molecule has 2 atom stereocenters. The number of hydrogen-bond acceptors (Lipinski definition) is 5. The molecule has 2 aromatic rings. The molecule has 0 saturated carbocycles. The number of pyridine rings is 1. The normalized spacial score (nSPS) is 19.9. The molecule has 7 nitrogen and oxygen atoms in total. The van der Waals surface area contributed by atoms with Gasteiger partial charge in [-0.3, -0.25) is 9.59 Å². The van der Waals surface area contributed by atoms with Gasteiger partial charge in [0, 0.05) is 19.1 Å². The van der Waals surface area contributed by atoms with E-state index in [1.54, 1.807) is 23.1 Å². The number of nitrogens with zero attached hydrogens (tertiary/aromatic N) is 2. The molecular weight excluding hydrogens is 437 g/mol. The van der Waals surface area contributed by atoms with Crippen LogP contribution in [-0.2, 0) is 16.0 Å². The Balaban J connectivity index is 1.69. The van der Waals surface area contributed by atoms with Gasteiger partial charge in [-0.2, -0.15) is 0 Å². The smallest absolute Gasteiger partial charge is 0.270 e. The number of rotatable bonds is 6. The number of carbonyl (C=O) groups excluding carboxylic acids is 2. The van der Waals surface area contributed by atoms with E-state index in [2.05, 4.69) is 10.3 Å². The zero-order valence-corrected chi connectivity index (χ0v) is 18.5. The SMILES string of the molecule is CC1COc2nc(C(=O)NCC3CCOC3)c(Cc3ccc(F)cc3)cc2N1C(=O)CCl. The molecule has 3 heterocycles. The number of aromatic nitrogens is 1. The van der Waals surface area contributed by atoms with Crippen molar-refractivity contribution in [1.29, 1.82) is 0 Å². The fraction of sp³-hybridized carbons (Fsp3) is 0.435. The van der Waals surface area contributed by atoms with Crippen LogP contribution in [0, 0.1) is 11.7 Å². The Morgan fingerprint density at radius 1 is 1.28 bits per heavy atom. The minimum atomic E-state index is -0.338. The quantitative estimate of drug-likeness (QED) is 0.669. The molecule has 0 spiro atoms. The standard InChI is InChI=1S/C23H25ClFN3O4/c1-14-12-32-23-19(28(14)20(29)10-24)9-17(8-15-2-4-18(25)5-3-15)21(27-23)22(30)26-11-16-6-7-31-13-16/h2-5,9,14,16H,6-8,10-13H2,1H3,(H,26,30). The molecule has 32 heavy (non-hydrogen) atoms. The highest BCUT2D eigenvalue weighted by Gasteiger charge is 2.32. The molecule has 0 aliphatic carbocycles. The van der Waals surface area contributed by atoms with Crippen LogP contribution in [0.25, 0.3) is 0 Å². The van der Waals surface area contributed by atoms with Crippen LogP contribution in [0.2, 0.25) is 0 Å². The van der Waals surface area contributed by atoms with Crippen molar-refractivity contribution in [3.8, 4) is 5.88 Å². The Morgan fingerprint density at radius 2 is 2.06 bits per heavy atom. The van der Waals surface area contributed by atoms with Gasteiger partial charge in [-0.25, -0.2) is 9.37 Å². The third kappa shape index (κ3) is 4.86. The lowest BCUT2D eigenvalue weighted by molar-refractivity contribution is -0.117. The van der Waals surface area contributed by atoms with E-state index in [4.69, 9.17) is 21.1 Å². The highest BCUT2D eigenvalue weighted by molar-refractivity contribution is 6.29. The monoisotopic (exact) mass is 461 g/mol. The molecule has 2 aliphatic heterocycles. The number of nitrogens with one attached hydrogen (secondary N) is 1. The first-order valence-electron chi connectivity index (χ1n) is 10.6. The van der Waals surface area contributed by atoms with Crippen molar-refractivity contribution in [1.82, 2.24) is 10.3 Å². The minimum absolute atomic E-state index is 0.178. The van der Waals surface area contributed by atoms with Crippen molar-refractivity contribution >= 4 is 29.1 Å². The molecule has 1 aromatic carbocycles. The number of anilines is 1. The molecule has 1 N–H and O–H groups in total. The van der Waals surface area contributed by atoms with E-state index < -0.39 is 0 Å². The average Bonchev–Trinajstić information content (AvgIpc) is 3.32. The van der Waals surface area contributed by atoms with Gasteiger partial charge < -0.3 is 19.7 Å². The molecule has 170 valence electrons. The fourth-order valence-electron chi connectivity index (χ4n) is 3.98. The van der Waals surface area contributed by atoms with E-state index in [0.29, 0.717) is 37.4 Å². The van der Waals surface area contributed by atoms with E-state index in [1.165, 1.54) is 12.1 Å². The maximum atomic E-state index is 13.4. The van der Waals surface area contributed by atoms with Crippen LogP contribution in [0.1, 0.15) is 35.0 Å². The summed E-state index contributed by atoms with van der Waals surface area (Å²) in [6, 6.07) is 7.58. The minimum Gasteiger partial charge on any atom is -0.474 e. The fourth-order valence-corrected chi connectivity index (χ4v) is 4.11. The highest BCUT2D eigenvalue weighted by Crippen LogP contribution is 2.35. The summed E-state index contributed by atoms with van der Waals surface area (Å²) in [5, 5.41) is 2.94. The van der Waals surface area contributed by atoms with E-state index in [0.717, 1.165) is 12.0 Å². The van der Waals surface area contributed by atoms with Gasteiger partial charge in [-0.1, -0.05) is 12.1 Å². The third-order valence-electron chi connectivity index (χ3n) is 5.69. The number of halogens is 2. The lowest BCUT2D eigenvalue weighted by atomic mass is 10.0. The summed E-state index contributed by atoms with van der Waals surface area (Å²) in [5.74, 6) is -0.617. The summed E-state index contributed by atoms with van der Waals surface area (Å²) in [6.07, 6.45) is 1.24. The Morgan fingerprint density at radius 3 is 2.75 bits per heavy atom. The lowest BCUT2D eigenvalue weighted by Gasteiger charge is -2.34. The second-order valence-corrected chi connectivity index (χ2v) is 8.39. The van der Waals surface area contributed by atoms with E-state index in [1.807, 2.05) is 6.92 Å². The van der Waals surface area contributed by atoms with Gasteiger partial charge in [0.2, 0.25) is 11.8 Å². The molecule has 9 heteroatoms. The molecular formula is C23H25ClFN3O4. The van der Waals surface area contributed by atoms with Crippen molar-refractivity contribution in [2.24, 2.45) is 5.92 Å². The maximum Gasteiger partial charge on any atom is 0.270 e. The van der Waals surface area contributed by atoms with Gasteiger partial charge in [0.15, 0.2) is 0 Å². The number of alkyl halides is 1. The Hall–Kier alpha value is -2.71. The molecule has 1 fully saturated rings. The second-order valence-electron chi connectivity index (χ2n) is 8.12. The predicted molar refractivity (Wildman–Crippen MR) is 118 cm³/mol. The van der Waals surface area contributed by atoms with Gasteiger partial charge in [0.25, 0.3) is 5.91 Å². The van der Waals surface area contributed by atoms with E-state index in [9.17, 15) is 14.0 Å². The van der Waals surface area contributed by atoms with Crippen LogP contribution < -0.4 is 15.0 Å². The summed E-state index contributed by atoms with van der Waals surface area (Å²) in [6.45, 7) is 3.92. The summed E-state index contributed by atoms with van der Waals surface area (Å²) in [5.41, 5.74) is 2.12. The number of amides is 2. The van der Waals surface area contributed by atoms with Crippen LogP contribution in [0.5, 0.6) is 5.88 Å². The van der Waals surface area contributed by atoms with Crippen LogP contribution >= 0.6 is 11.6 Å². The average molecular weight is 462 g/mol. The highest BCUT2D eigenvalue weighted by atomic mass is 35.5. The van der Waals surface area contributed by atoms with Crippen LogP contribution in [0.3, 0.4) is 0 Å². The Kier molecular flexibility index (Phi) is 6.91. The zero-order chi connectivity index (χ0) is 22.7. The van der Waals surface area contributed by atoms with Crippen molar-refractivity contribution in [3.63, 3.8) is 0 Å². The first-order chi connectivity index (χ1) is 15.5. The maximum absolute atomic E-state index is 13.4. The number of carbonyl (C=O) groups is 2. The molecule has 4 rings (SSSR count). The topological polar surface area (TPSA) is 80.8 Å². The van der Waals surface area contributed by atoms with Crippen LogP contribution in [0.15, 0.2) is 30.3 Å². The second kappa shape index (κ2) is 9.83. The van der Waals surface area contributed by atoms with Crippen molar-refractivity contribution < 1.29 is 23.5 Å². The van der Waals surface area contributed by atoms with Gasteiger partial charge in [0.05, 0.1) is 12.6 Å². The van der Waals surface area contributed by atoms with Crippen molar-refractivity contribution in [2.75, 3.05) is 37.1 Å². The van der Waals surface area contributed by atoms with Crippen molar-refractivity contribution in [3.05, 3.63) is 53.0 Å². The van der Waals surface area contributed by atoms with Gasteiger partial charge in [-0.15, -0.1) is 11.6 Å².